The van der Waals surface area contributed by atoms with Crippen LogP contribution in [0.15, 0.2) is 95.5 Å². The Labute approximate surface area is 213 Å². The van der Waals surface area contributed by atoms with Crippen molar-refractivity contribution in [3.05, 3.63) is 118 Å². The summed E-state index contributed by atoms with van der Waals surface area (Å²) in [5, 5.41) is 0. The van der Waals surface area contributed by atoms with Crippen LogP contribution in [-0.2, 0) is 5.41 Å². The third-order valence-corrected chi connectivity index (χ3v) is 7.89. The van der Waals surface area contributed by atoms with E-state index in [1.54, 1.807) is 0 Å². The molecule has 0 amide bonds. The number of halogens is 1. The van der Waals surface area contributed by atoms with Gasteiger partial charge in [0, 0.05) is 28.3 Å². The van der Waals surface area contributed by atoms with Gasteiger partial charge in [0.25, 0.3) is 0 Å². The average Bonchev–Trinajstić information content (AvgIpc) is 3.42. The topological polar surface area (TPSA) is 30.9 Å². The van der Waals surface area contributed by atoms with Gasteiger partial charge >= 0.3 is 0 Å². The molecule has 0 aromatic heterocycles. The normalized spacial score (nSPS) is 19.5. The molecule has 5 heteroatoms. The predicted octanol–water partition coefficient (Wildman–Crippen LogP) is 6.51. The van der Waals surface area contributed by atoms with Crippen molar-refractivity contribution >= 4 is 21.6 Å². The largest absolute Gasteiger partial charge is 0.492 e. The Balaban J connectivity index is 1.42. The smallest absolute Gasteiger partial charge is 0.165 e. The molecule has 0 N–H and O–H groups in total. The molecule has 0 fully saturated rings. The number of nitrogens with zero attached hydrogens (tertiary/aromatic N) is 1. The van der Waals surface area contributed by atoms with E-state index in [0.717, 1.165) is 28.3 Å². The van der Waals surface area contributed by atoms with E-state index in [1.807, 2.05) is 6.07 Å². The lowest BCUT2D eigenvalue weighted by molar-refractivity contribution is 0.171. The van der Waals surface area contributed by atoms with Gasteiger partial charge in [0.15, 0.2) is 11.5 Å². The van der Waals surface area contributed by atoms with Crippen LogP contribution in [0.2, 0.25) is 0 Å². The van der Waals surface area contributed by atoms with Gasteiger partial charge in [-0.3, -0.25) is 0 Å². The summed E-state index contributed by atoms with van der Waals surface area (Å²) < 4.78 is 19.2. The SMILES string of the molecule is Brc1ccc2c(c1)C1(COc3cc4c(cc31)OCCO4)CN2C(c1ccccc1)c1ccccc1. The Morgan fingerprint density at radius 1 is 0.686 bits per heavy atom. The fourth-order valence-electron chi connectivity index (χ4n) is 5.85. The van der Waals surface area contributed by atoms with E-state index in [9.17, 15) is 0 Å². The highest BCUT2D eigenvalue weighted by atomic mass is 79.9. The highest BCUT2D eigenvalue weighted by Crippen LogP contribution is 2.56. The molecule has 0 radical (unpaired) electrons. The molecule has 7 rings (SSSR count). The van der Waals surface area contributed by atoms with Crippen LogP contribution in [0.4, 0.5) is 5.69 Å². The molecule has 0 bridgehead atoms. The lowest BCUT2D eigenvalue weighted by atomic mass is 9.77. The first-order chi connectivity index (χ1) is 17.2. The van der Waals surface area contributed by atoms with E-state index in [0.29, 0.717) is 19.8 Å². The zero-order chi connectivity index (χ0) is 23.4. The van der Waals surface area contributed by atoms with Crippen LogP contribution in [0.5, 0.6) is 17.2 Å². The number of fused-ring (bicyclic) bond motifs is 5. The fraction of sp³-hybridized carbons (Fsp3) is 0.200. The highest BCUT2D eigenvalue weighted by Gasteiger charge is 2.52. The van der Waals surface area contributed by atoms with Gasteiger partial charge in [0.2, 0.25) is 0 Å². The van der Waals surface area contributed by atoms with Gasteiger partial charge in [-0.05, 0) is 41.0 Å². The van der Waals surface area contributed by atoms with Crippen LogP contribution >= 0.6 is 15.9 Å². The van der Waals surface area contributed by atoms with E-state index >= 15 is 0 Å². The van der Waals surface area contributed by atoms with E-state index < -0.39 is 0 Å². The Hall–Kier alpha value is -3.44. The van der Waals surface area contributed by atoms with Crippen molar-refractivity contribution in [3.8, 4) is 17.2 Å². The van der Waals surface area contributed by atoms with Gasteiger partial charge in [-0.2, -0.15) is 0 Å². The molecular weight excluding hydrogens is 502 g/mol. The predicted molar refractivity (Wildman–Crippen MR) is 140 cm³/mol. The molecule has 3 aliphatic rings. The Morgan fingerprint density at radius 2 is 1.34 bits per heavy atom. The van der Waals surface area contributed by atoms with E-state index in [-0.39, 0.29) is 11.5 Å². The third-order valence-electron chi connectivity index (χ3n) is 7.40. The second kappa shape index (κ2) is 8.06. The van der Waals surface area contributed by atoms with Crippen molar-refractivity contribution in [1.29, 1.82) is 0 Å². The Kier molecular flexibility index (Phi) is 4.81. The summed E-state index contributed by atoms with van der Waals surface area (Å²) >= 11 is 3.74. The second-order valence-corrected chi connectivity index (χ2v) is 10.3. The zero-order valence-electron chi connectivity index (χ0n) is 19.1. The minimum Gasteiger partial charge on any atom is -0.492 e. The first-order valence-electron chi connectivity index (χ1n) is 12.0. The summed E-state index contributed by atoms with van der Waals surface area (Å²) in [4.78, 5) is 2.54. The maximum Gasteiger partial charge on any atom is 0.165 e. The van der Waals surface area contributed by atoms with Gasteiger partial charge in [0.1, 0.15) is 25.6 Å². The van der Waals surface area contributed by atoms with Crippen LogP contribution in [0.1, 0.15) is 28.3 Å². The summed E-state index contributed by atoms with van der Waals surface area (Å²) in [5.41, 5.74) is 5.92. The van der Waals surface area contributed by atoms with Gasteiger partial charge < -0.3 is 19.1 Å². The molecule has 1 unspecified atom stereocenters. The molecule has 0 aliphatic carbocycles. The molecule has 4 aromatic rings. The minimum absolute atomic E-state index is 0.0814. The van der Waals surface area contributed by atoms with Crippen molar-refractivity contribution < 1.29 is 14.2 Å². The quantitative estimate of drug-likeness (QED) is 0.305. The number of rotatable bonds is 3. The lowest BCUT2D eigenvalue weighted by Crippen LogP contribution is -2.38. The molecule has 3 aliphatic heterocycles. The van der Waals surface area contributed by atoms with Gasteiger partial charge in [-0.25, -0.2) is 0 Å². The van der Waals surface area contributed by atoms with Gasteiger partial charge in [-0.15, -0.1) is 0 Å². The standard InChI is InChI=1S/C30H24BrNO3/c31-22-11-12-25-23(15-22)30(19-35-26-17-28-27(16-24(26)30)33-13-14-34-28)18-32(25)29(20-7-3-1-4-8-20)21-9-5-2-6-10-21/h1-12,15-17,29H,13-14,18-19H2. The first-order valence-corrected chi connectivity index (χ1v) is 12.8. The maximum atomic E-state index is 6.36. The van der Waals surface area contributed by atoms with Crippen molar-refractivity contribution in [2.45, 2.75) is 11.5 Å². The molecule has 0 saturated heterocycles. The minimum atomic E-state index is -0.300. The van der Waals surface area contributed by atoms with E-state index in [1.165, 1.54) is 27.9 Å². The molecule has 1 atom stereocenters. The summed E-state index contributed by atoms with van der Waals surface area (Å²) in [6.45, 7) is 2.52. The average molecular weight is 526 g/mol. The second-order valence-electron chi connectivity index (χ2n) is 9.38. The zero-order valence-corrected chi connectivity index (χ0v) is 20.7. The van der Waals surface area contributed by atoms with Crippen molar-refractivity contribution in [2.24, 2.45) is 0 Å². The number of benzene rings is 4. The maximum absolute atomic E-state index is 6.36. The van der Waals surface area contributed by atoms with Crippen LogP contribution in [-0.4, -0.2) is 26.4 Å². The molecule has 3 heterocycles. The Morgan fingerprint density at radius 3 is 2.03 bits per heavy atom. The van der Waals surface area contributed by atoms with Crippen LogP contribution in [0.3, 0.4) is 0 Å². The molecular formula is C30H24BrNO3. The van der Waals surface area contributed by atoms with Gasteiger partial charge in [0.05, 0.1) is 11.5 Å². The van der Waals surface area contributed by atoms with Crippen molar-refractivity contribution in [3.63, 3.8) is 0 Å². The summed E-state index contributed by atoms with van der Waals surface area (Å²) in [7, 11) is 0. The molecule has 1 spiro atoms. The highest BCUT2D eigenvalue weighted by molar-refractivity contribution is 9.10. The van der Waals surface area contributed by atoms with E-state index in [2.05, 4.69) is 106 Å². The first kappa shape index (κ1) is 20.9. The summed E-state index contributed by atoms with van der Waals surface area (Å²) in [6.07, 6.45) is 0. The fourth-order valence-corrected chi connectivity index (χ4v) is 6.21. The third kappa shape index (κ3) is 3.25. The monoisotopic (exact) mass is 525 g/mol. The molecule has 4 aromatic carbocycles. The summed E-state index contributed by atoms with van der Waals surface area (Å²) in [6, 6.07) is 32.4. The molecule has 4 nitrogen and oxygen atoms in total. The number of hydrogen-bond donors (Lipinski definition) is 0. The van der Waals surface area contributed by atoms with Gasteiger partial charge in [-0.1, -0.05) is 76.6 Å². The summed E-state index contributed by atoms with van der Waals surface area (Å²) in [5.74, 6) is 2.46. The van der Waals surface area contributed by atoms with E-state index in [4.69, 9.17) is 14.2 Å². The van der Waals surface area contributed by atoms with Crippen LogP contribution < -0.4 is 19.1 Å². The molecule has 35 heavy (non-hydrogen) atoms. The molecule has 0 saturated carbocycles. The number of anilines is 1. The van der Waals surface area contributed by atoms with Crippen molar-refractivity contribution in [1.82, 2.24) is 0 Å². The number of hydrogen-bond acceptors (Lipinski definition) is 4. The van der Waals surface area contributed by atoms with Crippen molar-refractivity contribution in [2.75, 3.05) is 31.3 Å². The molecule has 174 valence electrons. The Bertz CT molecular complexity index is 1370. The lowest BCUT2D eigenvalue weighted by Gasteiger charge is -2.33. The number of ether oxygens (including phenoxy) is 3. The van der Waals surface area contributed by atoms with Crippen LogP contribution in [0.25, 0.3) is 0 Å². The van der Waals surface area contributed by atoms with Crippen LogP contribution in [0, 0.1) is 0 Å².